The molecular formula is C8H9F3N2O2. The molecule has 0 atom stereocenters. The summed E-state index contributed by atoms with van der Waals surface area (Å²) in [7, 11) is 0. The van der Waals surface area contributed by atoms with Crippen LogP contribution in [0.15, 0.2) is 4.52 Å². The number of ketones is 1. The van der Waals surface area contributed by atoms with E-state index in [4.69, 9.17) is 0 Å². The fourth-order valence-corrected chi connectivity index (χ4v) is 0.925. The zero-order valence-corrected chi connectivity index (χ0v) is 7.97. The number of hydrogen-bond acceptors (Lipinski definition) is 4. The Balaban J connectivity index is 2.61. The highest BCUT2D eigenvalue weighted by Crippen LogP contribution is 2.18. The molecule has 1 rings (SSSR count). The van der Waals surface area contributed by atoms with E-state index in [9.17, 15) is 18.0 Å². The van der Waals surface area contributed by atoms with Crippen molar-refractivity contribution in [1.82, 2.24) is 10.1 Å². The van der Waals surface area contributed by atoms with Gasteiger partial charge < -0.3 is 4.52 Å². The van der Waals surface area contributed by atoms with Crippen LogP contribution in [0.5, 0.6) is 0 Å². The normalized spacial score (nSPS) is 11.7. The van der Waals surface area contributed by atoms with E-state index in [0.717, 1.165) is 6.42 Å². The van der Waals surface area contributed by atoms with Gasteiger partial charge in [-0.15, -0.1) is 0 Å². The SMILES string of the molecule is CCCc1noc(CC(=O)C(F)(F)F)n1. The maximum Gasteiger partial charge on any atom is 0.450 e. The van der Waals surface area contributed by atoms with Gasteiger partial charge in [-0.3, -0.25) is 4.79 Å². The Morgan fingerprint density at radius 3 is 2.67 bits per heavy atom. The lowest BCUT2D eigenvalue weighted by atomic mass is 10.3. The Labute approximate surface area is 83.5 Å². The van der Waals surface area contributed by atoms with Crippen LogP contribution in [0, 0.1) is 0 Å². The highest BCUT2D eigenvalue weighted by molar-refractivity contribution is 5.85. The summed E-state index contributed by atoms with van der Waals surface area (Å²) in [6.45, 7) is 1.87. The molecule has 0 aliphatic rings. The van der Waals surface area contributed by atoms with E-state index in [1.165, 1.54) is 0 Å². The third-order valence-corrected chi connectivity index (χ3v) is 1.61. The van der Waals surface area contributed by atoms with Crippen LogP contribution in [0.1, 0.15) is 25.1 Å². The first-order valence-corrected chi connectivity index (χ1v) is 4.35. The minimum atomic E-state index is -4.85. The van der Waals surface area contributed by atoms with Gasteiger partial charge in [0.05, 0.1) is 6.42 Å². The minimum Gasteiger partial charge on any atom is -0.339 e. The first-order valence-electron chi connectivity index (χ1n) is 4.35. The van der Waals surface area contributed by atoms with Crippen molar-refractivity contribution in [2.45, 2.75) is 32.4 Å². The monoisotopic (exact) mass is 222 g/mol. The molecule has 4 nitrogen and oxygen atoms in total. The van der Waals surface area contributed by atoms with Crippen molar-refractivity contribution in [2.75, 3.05) is 0 Å². The second-order valence-electron chi connectivity index (χ2n) is 2.95. The second kappa shape index (κ2) is 4.41. The van der Waals surface area contributed by atoms with E-state index in [0.29, 0.717) is 12.2 Å². The van der Waals surface area contributed by atoms with Crippen molar-refractivity contribution in [3.63, 3.8) is 0 Å². The second-order valence-corrected chi connectivity index (χ2v) is 2.95. The number of halogens is 3. The molecule has 0 spiro atoms. The highest BCUT2D eigenvalue weighted by atomic mass is 19.4. The zero-order valence-electron chi connectivity index (χ0n) is 7.97. The Kier molecular flexibility index (Phi) is 3.43. The smallest absolute Gasteiger partial charge is 0.339 e. The summed E-state index contributed by atoms with van der Waals surface area (Å²) in [4.78, 5) is 14.2. The largest absolute Gasteiger partial charge is 0.450 e. The fourth-order valence-electron chi connectivity index (χ4n) is 0.925. The van der Waals surface area contributed by atoms with Gasteiger partial charge >= 0.3 is 6.18 Å². The fraction of sp³-hybridized carbons (Fsp3) is 0.625. The first kappa shape index (κ1) is 11.7. The lowest BCUT2D eigenvalue weighted by Gasteiger charge is -2.00. The maximum absolute atomic E-state index is 11.9. The molecular weight excluding hydrogens is 213 g/mol. The standard InChI is InChI=1S/C8H9F3N2O2/c1-2-3-6-12-7(15-13-6)4-5(14)8(9,10)11/h2-4H2,1H3. The Bertz CT molecular complexity index is 346. The molecule has 0 radical (unpaired) electrons. The third-order valence-electron chi connectivity index (χ3n) is 1.61. The van der Waals surface area contributed by atoms with Crippen LogP contribution >= 0.6 is 0 Å². The third kappa shape index (κ3) is 3.34. The number of alkyl halides is 3. The predicted molar refractivity (Wildman–Crippen MR) is 43.1 cm³/mol. The van der Waals surface area contributed by atoms with Crippen LogP contribution in [0.2, 0.25) is 0 Å². The molecule has 0 aliphatic carbocycles. The molecule has 1 aromatic heterocycles. The van der Waals surface area contributed by atoms with Crippen LogP contribution in [0.4, 0.5) is 13.2 Å². The number of carbonyl (C=O) groups is 1. The van der Waals surface area contributed by atoms with E-state index in [-0.39, 0.29) is 5.89 Å². The lowest BCUT2D eigenvalue weighted by Crippen LogP contribution is -2.24. The summed E-state index contributed by atoms with van der Waals surface area (Å²) in [6, 6.07) is 0. The Morgan fingerprint density at radius 2 is 2.13 bits per heavy atom. The van der Waals surface area contributed by atoms with Gasteiger partial charge in [0.25, 0.3) is 0 Å². The molecule has 7 heteroatoms. The molecule has 84 valence electrons. The molecule has 1 heterocycles. The van der Waals surface area contributed by atoms with Crippen molar-refractivity contribution < 1.29 is 22.5 Å². The Morgan fingerprint density at radius 1 is 1.47 bits per heavy atom. The topological polar surface area (TPSA) is 56.0 Å². The predicted octanol–water partition coefficient (Wildman–Crippen LogP) is 1.70. The van der Waals surface area contributed by atoms with Gasteiger partial charge in [-0.1, -0.05) is 12.1 Å². The highest BCUT2D eigenvalue weighted by Gasteiger charge is 2.39. The van der Waals surface area contributed by atoms with Crippen molar-refractivity contribution >= 4 is 5.78 Å². The van der Waals surface area contributed by atoms with Gasteiger partial charge in [0.15, 0.2) is 5.82 Å². The summed E-state index contributed by atoms with van der Waals surface area (Å²) in [5, 5.41) is 3.44. The summed E-state index contributed by atoms with van der Waals surface area (Å²) in [5.41, 5.74) is 0. The number of hydrogen-bond donors (Lipinski definition) is 0. The van der Waals surface area contributed by atoms with Crippen LogP contribution in [0.3, 0.4) is 0 Å². The molecule has 0 bridgehead atoms. The molecule has 0 aliphatic heterocycles. The van der Waals surface area contributed by atoms with Gasteiger partial charge in [0.2, 0.25) is 11.7 Å². The van der Waals surface area contributed by atoms with Crippen LogP contribution in [-0.4, -0.2) is 22.1 Å². The lowest BCUT2D eigenvalue weighted by molar-refractivity contribution is -0.170. The molecule has 0 N–H and O–H groups in total. The van der Waals surface area contributed by atoms with E-state index >= 15 is 0 Å². The van der Waals surface area contributed by atoms with Crippen molar-refractivity contribution in [1.29, 1.82) is 0 Å². The number of Topliss-reactive ketones (excluding diaryl/α,β-unsaturated/α-hetero) is 1. The molecule has 0 saturated carbocycles. The molecule has 15 heavy (non-hydrogen) atoms. The maximum atomic E-state index is 11.9. The number of nitrogens with zero attached hydrogens (tertiary/aromatic N) is 2. The van der Waals surface area contributed by atoms with Crippen LogP contribution in [-0.2, 0) is 17.6 Å². The van der Waals surface area contributed by atoms with Gasteiger partial charge in [0.1, 0.15) is 0 Å². The van der Waals surface area contributed by atoms with Gasteiger partial charge in [-0.2, -0.15) is 18.2 Å². The average Bonchev–Trinajstić information content (AvgIpc) is 2.51. The number of carbonyl (C=O) groups excluding carboxylic acids is 1. The van der Waals surface area contributed by atoms with Gasteiger partial charge in [-0.25, -0.2) is 0 Å². The summed E-state index contributed by atoms with van der Waals surface area (Å²) in [5.74, 6) is -1.85. The summed E-state index contributed by atoms with van der Waals surface area (Å²) < 4.78 is 40.1. The van der Waals surface area contributed by atoms with E-state index in [2.05, 4.69) is 14.7 Å². The summed E-state index contributed by atoms with van der Waals surface area (Å²) >= 11 is 0. The molecule has 1 aromatic rings. The molecule has 0 aromatic carbocycles. The van der Waals surface area contributed by atoms with Crippen molar-refractivity contribution in [3.05, 3.63) is 11.7 Å². The van der Waals surface area contributed by atoms with E-state index in [1.807, 2.05) is 6.92 Å². The van der Waals surface area contributed by atoms with Crippen LogP contribution < -0.4 is 0 Å². The molecule has 0 unspecified atom stereocenters. The van der Waals surface area contributed by atoms with Gasteiger partial charge in [0, 0.05) is 6.42 Å². The van der Waals surface area contributed by atoms with Crippen molar-refractivity contribution in [3.8, 4) is 0 Å². The molecule has 0 fully saturated rings. The Hall–Kier alpha value is -1.40. The van der Waals surface area contributed by atoms with Crippen LogP contribution in [0.25, 0.3) is 0 Å². The van der Waals surface area contributed by atoms with Gasteiger partial charge in [-0.05, 0) is 6.42 Å². The average molecular weight is 222 g/mol. The summed E-state index contributed by atoms with van der Waals surface area (Å²) in [6.07, 6.45) is -4.46. The molecule has 0 amide bonds. The van der Waals surface area contributed by atoms with E-state index < -0.39 is 18.4 Å². The quantitative estimate of drug-likeness (QED) is 0.777. The molecule has 0 saturated heterocycles. The number of rotatable bonds is 4. The van der Waals surface area contributed by atoms with Crippen molar-refractivity contribution in [2.24, 2.45) is 0 Å². The minimum absolute atomic E-state index is 0.291. The van der Waals surface area contributed by atoms with E-state index in [1.54, 1.807) is 0 Å². The number of aromatic nitrogens is 2. The zero-order chi connectivity index (χ0) is 11.5. The first-order chi connectivity index (χ1) is 6.93. The number of aryl methyl sites for hydroxylation is 1.